The normalized spacial score (nSPS) is 10.0. The van der Waals surface area contributed by atoms with Crippen molar-refractivity contribution in [1.82, 2.24) is 0 Å². The number of carbonyl (C=O) groups is 1. The fourth-order valence-corrected chi connectivity index (χ4v) is 1.10. The van der Waals surface area contributed by atoms with Gasteiger partial charge in [0.1, 0.15) is 0 Å². The van der Waals surface area contributed by atoms with Crippen LogP contribution in [0.25, 0.3) is 10.9 Å². The van der Waals surface area contributed by atoms with Gasteiger partial charge in [0.05, 0.1) is 0 Å². The SMILES string of the molecule is O=C(O)c1ccc2ocbc2c1. The van der Waals surface area contributed by atoms with Gasteiger partial charge in [0.2, 0.25) is 0 Å². The molecule has 0 atom stereocenters. The molecule has 0 fully saturated rings. The van der Waals surface area contributed by atoms with Gasteiger partial charge in [-0.25, -0.2) is 0 Å². The van der Waals surface area contributed by atoms with E-state index in [9.17, 15) is 4.79 Å². The summed E-state index contributed by atoms with van der Waals surface area (Å²) in [6, 6.07) is 4.76. The molecule has 1 heterocycles. The molecule has 1 aromatic carbocycles. The Kier molecular flexibility index (Phi) is 1.47. The van der Waals surface area contributed by atoms with Crippen LogP contribution < -0.4 is 0 Å². The van der Waals surface area contributed by atoms with Crippen molar-refractivity contribution in [3.8, 4) is 0 Å². The number of carboxylic acid groups (broad SMARTS) is 1. The topological polar surface area (TPSA) is 50.4 Å². The minimum absolute atomic E-state index is 0.281. The molecular formula is C8H5BO3. The molecule has 2 rings (SSSR count). The van der Waals surface area contributed by atoms with E-state index in [4.69, 9.17) is 9.52 Å². The van der Waals surface area contributed by atoms with Gasteiger partial charge in [0, 0.05) is 0 Å². The average molecular weight is 160 g/mol. The van der Waals surface area contributed by atoms with Gasteiger partial charge >= 0.3 is 68.0 Å². The molecule has 0 bridgehead atoms. The third-order valence-corrected chi connectivity index (χ3v) is 1.70. The quantitative estimate of drug-likeness (QED) is 0.686. The van der Waals surface area contributed by atoms with Crippen LogP contribution in [-0.4, -0.2) is 18.0 Å². The van der Waals surface area contributed by atoms with E-state index in [1.54, 1.807) is 19.0 Å². The summed E-state index contributed by atoms with van der Waals surface area (Å²) in [4.78, 5) is 10.5. The predicted octanol–water partition coefficient (Wildman–Crippen LogP) is 1.47. The molecule has 0 aliphatic heterocycles. The van der Waals surface area contributed by atoms with Gasteiger partial charge in [-0.05, 0) is 0 Å². The summed E-state index contributed by atoms with van der Waals surface area (Å²) in [5.41, 5.74) is 0.990. The Bertz CT molecular complexity index is 433. The van der Waals surface area contributed by atoms with Gasteiger partial charge in [-0.15, -0.1) is 0 Å². The zero-order valence-corrected chi connectivity index (χ0v) is 6.15. The van der Waals surface area contributed by atoms with Crippen molar-refractivity contribution in [2.24, 2.45) is 0 Å². The molecule has 0 amide bonds. The van der Waals surface area contributed by atoms with E-state index < -0.39 is 5.97 Å². The van der Waals surface area contributed by atoms with Crippen molar-refractivity contribution in [2.75, 3.05) is 0 Å². The maximum absolute atomic E-state index is 10.5. The van der Waals surface area contributed by atoms with Crippen LogP contribution in [0.3, 0.4) is 0 Å². The summed E-state index contributed by atoms with van der Waals surface area (Å²) in [5, 5.41) is 9.47. The number of fused-ring (bicyclic) bond motifs is 1. The van der Waals surface area contributed by atoms with Crippen LogP contribution in [0.1, 0.15) is 10.4 Å². The number of rotatable bonds is 1. The number of hydrogen-bond acceptors (Lipinski definition) is 2. The molecule has 0 aliphatic rings. The number of benzene rings is 1. The van der Waals surface area contributed by atoms with E-state index >= 15 is 0 Å². The van der Waals surface area contributed by atoms with Crippen molar-refractivity contribution >= 4 is 23.7 Å². The molecule has 0 aliphatic carbocycles. The minimum atomic E-state index is -0.918. The summed E-state index contributed by atoms with van der Waals surface area (Å²) < 4.78 is 5.06. The third kappa shape index (κ3) is 1.01. The van der Waals surface area contributed by atoms with Crippen LogP contribution in [0, 0.1) is 0 Å². The molecule has 0 saturated carbocycles. The first-order valence-corrected chi connectivity index (χ1v) is 3.48. The van der Waals surface area contributed by atoms with Crippen molar-refractivity contribution in [3.63, 3.8) is 0 Å². The first-order chi connectivity index (χ1) is 5.77. The fraction of sp³-hybridized carbons (Fsp3) is 0. The van der Waals surface area contributed by atoms with E-state index in [2.05, 4.69) is 0 Å². The Morgan fingerprint density at radius 1 is 1.50 bits per heavy atom. The van der Waals surface area contributed by atoms with Crippen LogP contribution in [0.2, 0.25) is 0 Å². The van der Waals surface area contributed by atoms with Gasteiger partial charge in [-0.1, -0.05) is 0 Å². The Morgan fingerprint density at radius 2 is 2.33 bits per heavy atom. The second-order valence-corrected chi connectivity index (χ2v) is 2.48. The second-order valence-electron chi connectivity index (χ2n) is 2.48. The molecule has 0 saturated heterocycles. The Balaban J connectivity index is 2.68. The van der Waals surface area contributed by atoms with Crippen LogP contribution in [0.5, 0.6) is 0 Å². The van der Waals surface area contributed by atoms with Crippen molar-refractivity contribution < 1.29 is 14.3 Å². The number of carboxylic acids is 1. The monoisotopic (exact) mass is 160 g/mol. The first kappa shape index (κ1) is 7.09. The van der Waals surface area contributed by atoms with E-state index in [1.165, 1.54) is 12.2 Å². The molecule has 0 unspecified atom stereocenters. The van der Waals surface area contributed by atoms with E-state index in [0.717, 1.165) is 5.28 Å². The molecule has 1 N–H and O–H groups in total. The van der Waals surface area contributed by atoms with E-state index in [0.29, 0.717) is 5.58 Å². The maximum atomic E-state index is 10.5. The summed E-state index contributed by atoms with van der Waals surface area (Å²) >= 11 is 0. The van der Waals surface area contributed by atoms with Crippen LogP contribution >= 0.6 is 0 Å². The summed E-state index contributed by atoms with van der Waals surface area (Å²) in [5.74, 6) is -0.918. The van der Waals surface area contributed by atoms with Gasteiger partial charge < -0.3 is 0 Å². The van der Waals surface area contributed by atoms with Gasteiger partial charge in [0.15, 0.2) is 0 Å². The molecule has 1 aromatic heterocycles. The fourth-order valence-electron chi connectivity index (χ4n) is 1.10. The molecule has 0 radical (unpaired) electrons. The molecular weight excluding hydrogens is 155 g/mol. The Hall–Kier alpha value is -1.58. The zero-order chi connectivity index (χ0) is 8.55. The van der Waals surface area contributed by atoms with Crippen LogP contribution in [0.15, 0.2) is 28.8 Å². The first-order valence-electron chi connectivity index (χ1n) is 3.48. The molecule has 3 nitrogen and oxygen atoms in total. The van der Waals surface area contributed by atoms with Gasteiger partial charge in [-0.2, -0.15) is 0 Å². The molecule has 0 spiro atoms. The van der Waals surface area contributed by atoms with Crippen molar-refractivity contribution in [1.29, 1.82) is 0 Å². The summed E-state index contributed by atoms with van der Waals surface area (Å²) in [6.45, 7) is 1.74. The standard InChI is InChI=1S/C8H5BO3/c10-8(11)5-1-2-7-6(3-5)9-4-12-7/h1-4H,(H,10,11). The van der Waals surface area contributed by atoms with Gasteiger partial charge in [-0.3, -0.25) is 0 Å². The van der Waals surface area contributed by atoms with Crippen molar-refractivity contribution in [3.05, 3.63) is 29.9 Å². The Morgan fingerprint density at radius 3 is 3.08 bits per heavy atom. The summed E-state index contributed by atoms with van der Waals surface area (Å²) in [6.07, 6.45) is 1.54. The zero-order valence-electron chi connectivity index (χ0n) is 6.15. The summed E-state index contributed by atoms with van der Waals surface area (Å²) in [7, 11) is 0. The molecule has 12 heavy (non-hydrogen) atoms. The van der Waals surface area contributed by atoms with Crippen LogP contribution in [0.4, 0.5) is 0 Å². The molecule has 2 aromatic rings. The Labute approximate surface area is 68.8 Å². The second kappa shape index (κ2) is 2.48. The van der Waals surface area contributed by atoms with Gasteiger partial charge in [0.25, 0.3) is 0 Å². The predicted molar refractivity (Wildman–Crippen MR) is 44.5 cm³/mol. The van der Waals surface area contributed by atoms with E-state index in [-0.39, 0.29) is 5.56 Å². The van der Waals surface area contributed by atoms with E-state index in [1.807, 2.05) is 0 Å². The molecule has 58 valence electrons. The molecule has 4 heteroatoms. The number of hydrogen-bond donors (Lipinski definition) is 1. The third-order valence-electron chi connectivity index (χ3n) is 1.70. The number of aromatic carboxylic acids is 1. The van der Waals surface area contributed by atoms with Crippen LogP contribution in [-0.2, 0) is 0 Å². The average Bonchev–Trinajstić information content (AvgIpc) is 2.49. The van der Waals surface area contributed by atoms with Crippen molar-refractivity contribution in [2.45, 2.75) is 0 Å².